The summed E-state index contributed by atoms with van der Waals surface area (Å²) in [6, 6.07) is 0. The van der Waals surface area contributed by atoms with E-state index in [-0.39, 0.29) is 42.0 Å². The molecule has 2 saturated heterocycles. The molecule has 0 radical (unpaired) electrons. The Balaban J connectivity index is 0.00000300. The van der Waals surface area contributed by atoms with Crippen molar-refractivity contribution >= 4 is 35.8 Å². The molecule has 3 aliphatic rings. The van der Waals surface area contributed by atoms with Crippen LogP contribution in [0.3, 0.4) is 0 Å². The van der Waals surface area contributed by atoms with Gasteiger partial charge in [-0.15, -0.1) is 24.0 Å². The first-order valence-electron chi connectivity index (χ1n) is 11.4. The Bertz CT molecular complexity index is 513. The summed E-state index contributed by atoms with van der Waals surface area (Å²) < 4.78 is 5.58. The summed E-state index contributed by atoms with van der Waals surface area (Å²) in [5.41, 5.74) is 0.190. The second kappa shape index (κ2) is 12.9. The number of piperidine rings is 1. The topological polar surface area (TPSA) is 69.2 Å². The predicted molar refractivity (Wildman–Crippen MR) is 128 cm³/mol. The highest BCUT2D eigenvalue weighted by Gasteiger charge is 2.38. The van der Waals surface area contributed by atoms with Gasteiger partial charge in [0.05, 0.1) is 13.2 Å². The molecule has 3 rings (SSSR count). The molecule has 168 valence electrons. The number of morpholine rings is 1. The normalized spacial score (nSPS) is 23.2. The first-order chi connectivity index (χ1) is 13.7. The van der Waals surface area contributed by atoms with E-state index in [0.29, 0.717) is 0 Å². The van der Waals surface area contributed by atoms with E-state index >= 15 is 0 Å². The summed E-state index contributed by atoms with van der Waals surface area (Å²) in [6.07, 6.45) is 9.86. The van der Waals surface area contributed by atoms with Crippen LogP contribution in [0, 0.1) is 0 Å². The smallest absolute Gasteiger partial charge is 0.244 e. The lowest BCUT2D eigenvalue weighted by molar-refractivity contribution is -0.130. The molecule has 0 aromatic rings. The molecule has 2 N–H and O–H groups in total. The third kappa shape index (κ3) is 7.24. The van der Waals surface area contributed by atoms with Crippen LogP contribution < -0.4 is 10.6 Å². The zero-order valence-corrected chi connectivity index (χ0v) is 20.4. The van der Waals surface area contributed by atoms with E-state index in [0.717, 1.165) is 71.3 Å². The third-order valence-electron chi connectivity index (χ3n) is 6.48. The molecule has 2 aliphatic heterocycles. The van der Waals surface area contributed by atoms with Gasteiger partial charge >= 0.3 is 0 Å². The SMILES string of the molecule is CCNC(=NCC(=O)N1CCCCC1)NCC1(N2CCOCC2)CCCCC1.I. The number of guanidine groups is 1. The number of hydrogen-bond donors (Lipinski definition) is 2. The molecule has 0 bridgehead atoms. The fourth-order valence-electron chi connectivity index (χ4n) is 4.83. The molecule has 8 heteroatoms. The van der Waals surface area contributed by atoms with E-state index in [1.807, 2.05) is 4.90 Å². The highest BCUT2D eigenvalue weighted by atomic mass is 127. The number of aliphatic imine (C=N–C) groups is 1. The minimum Gasteiger partial charge on any atom is -0.379 e. The van der Waals surface area contributed by atoms with Gasteiger partial charge in [0.15, 0.2) is 5.96 Å². The van der Waals surface area contributed by atoms with E-state index in [1.54, 1.807) is 0 Å². The Labute approximate surface area is 193 Å². The fraction of sp³-hybridized carbons (Fsp3) is 0.905. The Morgan fingerprint density at radius 3 is 2.28 bits per heavy atom. The van der Waals surface area contributed by atoms with Crippen molar-refractivity contribution in [3.63, 3.8) is 0 Å². The summed E-state index contributed by atoms with van der Waals surface area (Å²) in [6.45, 7) is 9.47. The Morgan fingerprint density at radius 1 is 0.966 bits per heavy atom. The van der Waals surface area contributed by atoms with E-state index in [9.17, 15) is 4.79 Å². The number of carbonyl (C=O) groups is 1. The molecule has 29 heavy (non-hydrogen) atoms. The van der Waals surface area contributed by atoms with Gasteiger partial charge < -0.3 is 20.3 Å². The summed E-state index contributed by atoms with van der Waals surface area (Å²) in [7, 11) is 0. The number of nitrogens with one attached hydrogen (secondary N) is 2. The Kier molecular flexibility index (Phi) is 11.0. The van der Waals surface area contributed by atoms with Gasteiger partial charge in [-0.2, -0.15) is 0 Å². The molecule has 3 fully saturated rings. The monoisotopic (exact) mass is 521 g/mol. The second-order valence-corrected chi connectivity index (χ2v) is 8.37. The first-order valence-corrected chi connectivity index (χ1v) is 11.4. The highest BCUT2D eigenvalue weighted by Crippen LogP contribution is 2.33. The maximum absolute atomic E-state index is 12.5. The average Bonchev–Trinajstić information content (AvgIpc) is 2.77. The van der Waals surface area contributed by atoms with Crippen molar-refractivity contribution in [3.05, 3.63) is 0 Å². The highest BCUT2D eigenvalue weighted by molar-refractivity contribution is 14.0. The number of carbonyl (C=O) groups excluding carboxylic acids is 1. The van der Waals surface area contributed by atoms with Gasteiger partial charge in [-0.1, -0.05) is 19.3 Å². The summed E-state index contributed by atoms with van der Waals surface area (Å²) in [4.78, 5) is 21.7. The molecule has 1 aliphatic carbocycles. The van der Waals surface area contributed by atoms with Crippen LogP contribution in [-0.2, 0) is 9.53 Å². The zero-order valence-electron chi connectivity index (χ0n) is 18.1. The number of halogens is 1. The lowest BCUT2D eigenvalue weighted by Crippen LogP contribution is -2.60. The molecule has 0 atom stereocenters. The number of rotatable bonds is 6. The Hall–Kier alpha value is -0.610. The van der Waals surface area contributed by atoms with Gasteiger partial charge in [-0.25, -0.2) is 4.99 Å². The van der Waals surface area contributed by atoms with Crippen molar-refractivity contribution in [1.82, 2.24) is 20.4 Å². The van der Waals surface area contributed by atoms with Crippen molar-refractivity contribution in [2.24, 2.45) is 4.99 Å². The van der Waals surface area contributed by atoms with Crippen molar-refractivity contribution < 1.29 is 9.53 Å². The molecule has 1 saturated carbocycles. The van der Waals surface area contributed by atoms with E-state index in [4.69, 9.17) is 4.74 Å². The van der Waals surface area contributed by atoms with Gasteiger partial charge in [-0.05, 0) is 39.0 Å². The molecule has 7 nitrogen and oxygen atoms in total. The number of ether oxygens (including phenoxy) is 1. The Morgan fingerprint density at radius 2 is 1.62 bits per heavy atom. The lowest BCUT2D eigenvalue weighted by atomic mass is 9.80. The summed E-state index contributed by atoms with van der Waals surface area (Å²) in [5, 5.41) is 6.90. The van der Waals surface area contributed by atoms with Crippen LogP contribution in [0.4, 0.5) is 0 Å². The molecule has 0 aromatic heterocycles. The van der Waals surface area contributed by atoms with Crippen LogP contribution in [0.2, 0.25) is 0 Å². The molecule has 0 aromatic carbocycles. The van der Waals surface area contributed by atoms with E-state index < -0.39 is 0 Å². The van der Waals surface area contributed by atoms with Gasteiger partial charge in [0.25, 0.3) is 0 Å². The average molecular weight is 521 g/mol. The van der Waals surface area contributed by atoms with E-state index in [1.165, 1.54) is 38.5 Å². The number of amides is 1. The first kappa shape index (κ1) is 24.7. The maximum Gasteiger partial charge on any atom is 0.244 e. The van der Waals surface area contributed by atoms with E-state index in [2.05, 4.69) is 27.4 Å². The molecule has 2 heterocycles. The minimum absolute atomic E-state index is 0. The van der Waals surface area contributed by atoms with Crippen LogP contribution in [-0.4, -0.2) is 86.2 Å². The van der Waals surface area contributed by atoms with Crippen molar-refractivity contribution in [3.8, 4) is 0 Å². The standard InChI is InChI=1S/C21H39N5O2.HI/c1-2-22-20(23-17-19(27)25-11-7-4-8-12-25)24-18-21(9-5-3-6-10-21)26-13-15-28-16-14-26;/h2-18H2,1H3,(H2,22,23,24);1H. The van der Waals surface area contributed by atoms with Crippen molar-refractivity contribution in [2.45, 2.75) is 63.8 Å². The number of hydrogen-bond acceptors (Lipinski definition) is 4. The maximum atomic E-state index is 12.5. The molecular formula is C21H40IN5O2. The molecular weight excluding hydrogens is 481 g/mol. The summed E-state index contributed by atoms with van der Waals surface area (Å²) in [5.74, 6) is 0.920. The zero-order chi connectivity index (χ0) is 19.7. The van der Waals surface area contributed by atoms with Gasteiger partial charge in [0.2, 0.25) is 5.91 Å². The molecule has 0 spiro atoms. The van der Waals surface area contributed by atoms with Crippen LogP contribution in [0.5, 0.6) is 0 Å². The summed E-state index contributed by atoms with van der Waals surface area (Å²) >= 11 is 0. The molecule has 0 unspecified atom stereocenters. The number of likely N-dealkylation sites (tertiary alicyclic amines) is 1. The fourth-order valence-corrected chi connectivity index (χ4v) is 4.83. The minimum atomic E-state index is 0. The molecule has 1 amide bonds. The van der Waals surface area contributed by atoms with Crippen LogP contribution >= 0.6 is 24.0 Å². The van der Waals surface area contributed by atoms with Crippen LogP contribution in [0.15, 0.2) is 4.99 Å². The number of nitrogens with zero attached hydrogens (tertiary/aromatic N) is 3. The van der Waals surface area contributed by atoms with Gasteiger partial charge in [0, 0.05) is 44.8 Å². The predicted octanol–water partition coefficient (Wildman–Crippen LogP) is 2.21. The third-order valence-corrected chi connectivity index (χ3v) is 6.48. The van der Waals surface area contributed by atoms with Crippen molar-refractivity contribution in [2.75, 3.05) is 59.0 Å². The quantitative estimate of drug-likeness (QED) is 0.319. The van der Waals surface area contributed by atoms with Crippen LogP contribution in [0.1, 0.15) is 58.3 Å². The van der Waals surface area contributed by atoms with Gasteiger partial charge in [0.1, 0.15) is 6.54 Å². The van der Waals surface area contributed by atoms with Gasteiger partial charge in [-0.3, -0.25) is 9.69 Å². The van der Waals surface area contributed by atoms with Crippen LogP contribution in [0.25, 0.3) is 0 Å². The largest absolute Gasteiger partial charge is 0.379 e. The second-order valence-electron chi connectivity index (χ2n) is 8.37. The lowest BCUT2D eigenvalue weighted by Gasteiger charge is -2.48. The van der Waals surface area contributed by atoms with Crippen molar-refractivity contribution in [1.29, 1.82) is 0 Å².